The van der Waals surface area contributed by atoms with Gasteiger partial charge in [-0.15, -0.1) is 11.3 Å². The summed E-state index contributed by atoms with van der Waals surface area (Å²) in [5.74, 6) is 0.517. The van der Waals surface area contributed by atoms with Gasteiger partial charge in [0, 0.05) is 20.8 Å². The van der Waals surface area contributed by atoms with Gasteiger partial charge in [0.25, 0.3) is 0 Å². The highest BCUT2D eigenvalue weighted by Crippen LogP contribution is 2.26. The van der Waals surface area contributed by atoms with Gasteiger partial charge in [-0.25, -0.2) is 0 Å². The van der Waals surface area contributed by atoms with Gasteiger partial charge in [0.05, 0.1) is 0 Å². The fourth-order valence-electron chi connectivity index (χ4n) is 2.42. The van der Waals surface area contributed by atoms with E-state index in [1.165, 1.54) is 21.3 Å². The molecule has 2 rings (SSSR count). The molecule has 0 fully saturated rings. The van der Waals surface area contributed by atoms with E-state index < -0.39 is 0 Å². The van der Waals surface area contributed by atoms with Crippen molar-refractivity contribution in [3.8, 4) is 0 Å². The van der Waals surface area contributed by atoms with Gasteiger partial charge >= 0.3 is 0 Å². The Morgan fingerprint density at radius 1 is 1.25 bits per heavy atom. The maximum Gasteiger partial charge on any atom is 0.0285 e. The molecular formula is C17H22BrNS. The third-order valence-corrected chi connectivity index (χ3v) is 5.35. The number of benzene rings is 1. The van der Waals surface area contributed by atoms with Gasteiger partial charge in [-0.05, 0) is 52.9 Å². The second-order valence-electron chi connectivity index (χ2n) is 5.20. The molecule has 0 aliphatic carbocycles. The van der Waals surface area contributed by atoms with Gasteiger partial charge in [0.15, 0.2) is 0 Å². The lowest BCUT2D eigenvalue weighted by Gasteiger charge is -2.25. The lowest BCUT2D eigenvalue weighted by atomic mass is 9.91. The molecule has 108 valence electrons. The van der Waals surface area contributed by atoms with Crippen molar-refractivity contribution < 1.29 is 0 Å². The van der Waals surface area contributed by atoms with Crippen molar-refractivity contribution in [2.75, 3.05) is 6.54 Å². The van der Waals surface area contributed by atoms with Crippen LogP contribution >= 0.6 is 27.3 Å². The Kier molecular flexibility index (Phi) is 6.27. The van der Waals surface area contributed by atoms with Crippen LogP contribution in [0.2, 0.25) is 0 Å². The fraction of sp³-hybridized carbons (Fsp3) is 0.412. The van der Waals surface area contributed by atoms with Crippen molar-refractivity contribution in [1.82, 2.24) is 5.32 Å². The van der Waals surface area contributed by atoms with Crippen molar-refractivity contribution in [2.45, 2.75) is 38.6 Å². The van der Waals surface area contributed by atoms with Crippen molar-refractivity contribution in [3.05, 3.63) is 56.7 Å². The molecular weight excluding hydrogens is 330 g/mol. The Hall–Kier alpha value is -0.640. The van der Waals surface area contributed by atoms with E-state index in [1.807, 2.05) is 11.3 Å². The Morgan fingerprint density at radius 2 is 2.00 bits per heavy atom. The van der Waals surface area contributed by atoms with E-state index in [1.54, 1.807) is 0 Å². The van der Waals surface area contributed by atoms with E-state index in [4.69, 9.17) is 0 Å². The predicted molar refractivity (Wildman–Crippen MR) is 92.7 cm³/mol. The second kappa shape index (κ2) is 7.96. The summed E-state index contributed by atoms with van der Waals surface area (Å²) in [6.45, 7) is 5.62. The quantitative estimate of drug-likeness (QED) is 0.720. The molecule has 2 atom stereocenters. The lowest BCUT2D eigenvalue weighted by Crippen LogP contribution is -2.36. The molecule has 1 nitrogen and oxygen atoms in total. The third kappa shape index (κ3) is 4.44. The number of hydrogen-bond donors (Lipinski definition) is 1. The molecule has 2 unspecified atom stereocenters. The predicted octanol–water partition coefficient (Wildman–Crippen LogP) is 5.23. The van der Waals surface area contributed by atoms with E-state index in [0.29, 0.717) is 12.0 Å². The summed E-state index contributed by atoms with van der Waals surface area (Å²) >= 11 is 5.38. The van der Waals surface area contributed by atoms with Gasteiger partial charge in [-0.2, -0.15) is 0 Å². The molecule has 0 bridgehead atoms. The van der Waals surface area contributed by atoms with E-state index >= 15 is 0 Å². The smallest absolute Gasteiger partial charge is 0.0285 e. The lowest BCUT2D eigenvalue weighted by molar-refractivity contribution is 0.449. The Bertz CT molecular complexity index is 509. The second-order valence-corrected chi connectivity index (χ2v) is 7.11. The number of thiophene rings is 1. The van der Waals surface area contributed by atoms with Crippen LogP contribution in [0.5, 0.6) is 0 Å². The molecule has 1 aromatic heterocycles. The minimum atomic E-state index is 0.489. The van der Waals surface area contributed by atoms with E-state index in [9.17, 15) is 0 Å². The molecule has 2 aromatic rings. The average molecular weight is 352 g/mol. The number of hydrogen-bond acceptors (Lipinski definition) is 2. The highest BCUT2D eigenvalue weighted by molar-refractivity contribution is 9.10. The number of rotatable bonds is 7. The monoisotopic (exact) mass is 351 g/mol. The summed E-state index contributed by atoms with van der Waals surface area (Å²) in [5, 5.41) is 5.88. The summed E-state index contributed by atoms with van der Waals surface area (Å²) in [6.07, 6.45) is 2.26. The summed E-state index contributed by atoms with van der Waals surface area (Å²) in [4.78, 5) is 1.44. The maximum atomic E-state index is 3.72. The Labute approximate surface area is 134 Å². The Balaban J connectivity index is 2.10. The van der Waals surface area contributed by atoms with Crippen molar-refractivity contribution in [2.24, 2.45) is 0 Å². The summed E-state index contributed by atoms with van der Waals surface area (Å²) in [5.41, 5.74) is 1.41. The fourth-order valence-corrected chi connectivity index (χ4v) is 3.93. The summed E-state index contributed by atoms with van der Waals surface area (Å²) in [7, 11) is 0. The molecule has 20 heavy (non-hydrogen) atoms. The van der Waals surface area contributed by atoms with Crippen LogP contribution in [0.15, 0.2) is 46.3 Å². The first kappa shape index (κ1) is 15.7. The minimum absolute atomic E-state index is 0.489. The van der Waals surface area contributed by atoms with Crippen LogP contribution in [0.3, 0.4) is 0 Å². The van der Waals surface area contributed by atoms with Gasteiger partial charge in [0.1, 0.15) is 0 Å². The van der Waals surface area contributed by atoms with Crippen molar-refractivity contribution in [3.63, 3.8) is 0 Å². The van der Waals surface area contributed by atoms with Crippen LogP contribution in [-0.2, 0) is 6.42 Å². The van der Waals surface area contributed by atoms with Crippen LogP contribution in [-0.4, -0.2) is 12.6 Å². The van der Waals surface area contributed by atoms with Crippen LogP contribution in [0, 0.1) is 0 Å². The van der Waals surface area contributed by atoms with Gasteiger partial charge in [0.2, 0.25) is 0 Å². The molecule has 0 saturated heterocycles. The van der Waals surface area contributed by atoms with E-state index in [-0.39, 0.29) is 0 Å². The van der Waals surface area contributed by atoms with Crippen molar-refractivity contribution >= 4 is 27.3 Å². The number of halogens is 1. The molecule has 3 heteroatoms. The molecule has 0 saturated carbocycles. The molecule has 0 aliphatic heterocycles. The van der Waals surface area contributed by atoms with Crippen molar-refractivity contribution in [1.29, 1.82) is 0 Å². The largest absolute Gasteiger partial charge is 0.313 e. The highest BCUT2D eigenvalue weighted by atomic mass is 79.9. The van der Waals surface area contributed by atoms with Gasteiger partial charge in [-0.3, -0.25) is 0 Å². The zero-order valence-corrected chi connectivity index (χ0v) is 14.5. The van der Waals surface area contributed by atoms with Crippen LogP contribution in [0.4, 0.5) is 0 Å². The molecule has 0 amide bonds. The van der Waals surface area contributed by atoms with Crippen LogP contribution in [0.25, 0.3) is 0 Å². The summed E-state index contributed by atoms with van der Waals surface area (Å²) < 4.78 is 1.19. The highest BCUT2D eigenvalue weighted by Gasteiger charge is 2.19. The molecule has 1 heterocycles. The first-order valence-electron chi connectivity index (χ1n) is 7.22. The molecule has 1 aromatic carbocycles. The molecule has 0 spiro atoms. The third-order valence-electron chi connectivity index (χ3n) is 3.63. The number of nitrogens with one attached hydrogen (secondary N) is 1. The molecule has 0 radical (unpaired) electrons. The average Bonchev–Trinajstić information content (AvgIpc) is 2.89. The topological polar surface area (TPSA) is 12.0 Å². The standard InChI is InChI=1S/C17H22BrNS/c1-3-9-19-17(11-16-10-15(18)12-20-16)13(2)14-7-5-4-6-8-14/h4-8,10,12-13,17,19H,3,9,11H2,1-2H3. The SMILES string of the molecule is CCCNC(Cc1cc(Br)cs1)C(C)c1ccccc1. The first-order chi connectivity index (χ1) is 9.70. The summed E-state index contributed by atoms with van der Waals surface area (Å²) in [6, 6.07) is 13.5. The Morgan fingerprint density at radius 3 is 2.60 bits per heavy atom. The first-order valence-corrected chi connectivity index (χ1v) is 8.89. The molecule has 0 aliphatic rings. The van der Waals surface area contributed by atoms with Crippen LogP contribution < -0.4 is 5.32 Å². The molecule has 1 N–H and O–H groups in total. The zero-order valence-electron chi connectivity index (χ0n) is 12.1. The van der Waals surface area contributed by atoms with E-state index in [2.05, 4.69) is 76.9 Å². The minimum Gasteiger partial charge on any atom is -0.313 e. The zero-order chi connectivity index (χ0) is 14.4. The van der Waals surface area contributed by atoms with Gasteiger partial charge < -0.3 is 5.32 Å². The van der Waals surface area contributed by atoms with Gasteiger partial charge in [-0.1, -0.05) is 44.2 Å². The maximum absolute atomic E-state index is 3.72. The normalized spacial score (nSPS) is 14.2. The van der Waals surface area contributed by atoms with E-state index in [0.717, 1.165) is 13.0 Å². The van der Waals surface area contributed by atoms with Crippen LogP contribution in [0.1, 0.15) is 36.6 Å².